The van der Waals surface area contributed by atoms with E-state index in [1.807, 2.05) is 12.1 Å². The summed E-state index contributed by atoms with van der Waals surface area (Å²) in [6, 6.07) is 3.64. The average molecular weight is 181 g/mol. The van der Waals surface area contributed by atoms with E-state index in [9.17, 15) is 9.59 Å². The van der Waals surface area contributed by atoms with Crippen LogP contribution in [0.5, 0.6) is 0 Å². The molecule has 0 radical (unpaired) electrons. The fourth-order valence-electron chi connectivity index (χ4n) is 0.981. The van der Waals surface area contributed by atoms with Crippen LogP contribution in [-0.2, 0) is 16.1 Å². The Bertz CT molecular complexity index is 305. The SMILES string of the molecule is CN(Cc1ccc[nH]1)C(=O)C(N)=O. The molecule has 0 aliphatic heterocycles. The van der Waals surface area contributed by atoms with Crippen LogP contribution in [0.3, 0.4) is 0 Å². The van der Waals surface area contributed by atoms with Crippen LogP contribution in [0.2, 0.25) is 0 Å². The second kappa shape index (κ2) is 3.75. The number of amides is 2. The molecular weight excluding hydrogens is 170 g/mol. The largest absolute Gasteiger partial charge is 0.364 e. The third-order valence-electron chi connectivity index (χ3n) is 1.63. The van der Waals surface area contributed by atoms with Crippen molar-refractivity contribution in [2.75, 3.05) is 7.05 Å². The molecular formula is C8H11N3O2. The van der Waals surface area contributed by atoms with Crippen LogP contribution in [0, 0.1) is 0 Å². The van der Waals surface area contributed by atoms with Gasteiger partial charge in [-0.2, -0.15) is 0 Å². The average Bonchev–Trinajstić information content (AvgIpc) is 2.55. The summed E-state index contributed by atoms with van der Waals surface area (Å²) in [4.78, 5) is 25.7. The first-order valence-corrected chi connectivity index (χ1v) is 3.78. The summed E-state index contributed by atoms with van der Waals surface area (Å²) in [5, 5.41) is 0. The van der Waals surface area contributed by atoms with Crippen LogP contribution in [0.1, 0.15) is 5.69 Å². The van der Waals surface area contributed by atoms with Crippen LogP contribution in [-0.4, -0.2) is 28.7 Å². The highest BCUT2D eigenvalue weighted by molar-refractivity contribution is 6.34. The van der Waals surface area contributed by atoms with Gasteiger partial charge in [-0.25, -0.2) is 0 Å². The topological polar surface area (TPSA) is 79.2 Å². The quantitative estimate of drug-likeness (QED) is 0.601. The predicted octanol–water partition coefficient (Wildman–Crippen LogP) is -0.542. The van der Waals surface area contributed by atoms with Crippen LogP contribution in [0.25, 0.3) is 0 Å². The molecule has 70 valence electrons. The van der Waals surface area contributed by atoms with Gasteiger partial charge in [-0.3, -0.25) is 9.59 Å². The standard InChI is InChI=1S/C8H11N3O2/c1-11(8(13)7(9)12)5-6-3-2-4-10-6/h2-4,10H,5H2,1H3,(H2,9,12). The van der Waals surface area contributed by atoms with Gasteiger partial charge in [-0.05, 0) is 12.1 Å². The molecule has 5 nitrogen and oxygen atoms in total. The lowest BCUT2D eigenvalue weighted by atomic mass is 10.4. The molecule has 0 aliphatic rings. The number of H-pyrrole nitrogens is 1. The second-order valence-electron chi connectivity index (χ2n) is 2.72. The van der Waals surface area contributed by atoms with Crippen LogP contribution in [0.15, 0.2) is 18.3 Å². The number of rotatable bonds is 2. The van der Waals surface area contributed by atoms with E-state index in [0.717, 1.165) is 5.69 Å². The monoisotopic (exact) mass is 181 g/mol. The molecule has 0 aromatic carbocycles. The molecule has 0 spiro atoms. The summed E-state index contributed by atoms with van der Waals surface area (Å²) in [5.74, 6) is -1.62. The maximum atomic E-state index is 11.0. The number of aromatic amines is 1. The number of nitrogens with two attached hydrogens (primary N) is 1. The van der Waals surface area contributed by atoms with Crippen molar-refractivity contribution in [1.29, 1.82) is 0 Å². The van der Waals surface area contributed by atoms with Gasteiger partial charge in [0.15, 0.2) is 0 Å². The molecule has 13 heavy (non-hydrogen) atoms. The fourth-order valence-corrected chi connectivity index (χ4v) is 0.981. The molecule has 0 aliphatic carbocycles. The molecule has 0 unspecified atom stereocenters. The number of carbonyl (C=O) groups excluding carboxylic acids is 2. The third kappa shape index (κ3) is 2.33. The normalized spacial score (nSPS) is 9.62. The first kappa shape index (κ1) is 9.31. The molecule has 0 saturated carbocycles. The number of nitrogens with one attached hydrogen (secondary N) is 1. The van der Waals surface area contributed by atoms with Crippen molar-refractivity contribution in [3.05, 3.63) is 24.0 Å². The van der Waals surface area contributed by atoms with Gasteiger partial charge in [0.2, 0.25) is 0 Å². The Hall–Kier alpha value is -1.78. The number of nitrogens with zero attached hydrogens (tertiary/aromatic N) is 1. The zero-order valence-electron chi connectivity index (χ0n) is 7.28. The summed E-state index contributed by atoms with van der Waals surface area (Å²) in [6.45, 7) is 0.356. The zero-order valence-corrected chi connectivity index (χ0v) is 7.28. The summed E-state index contributed by atoms with van der Waals surface area (Å²) in [6.07, 6.45) is 1.75. The molecule has 3 N–H and O–H groups in total. The number of carbonyl (C=O) groups is 2. The van der Waals surface area contributed by atoms with E-state index in [1.54, 1.807) is 6.20 Å². The van der Waals surface area contributed by atoms with Crippen LogP contribution in [0.4, 0.5) is 0 Å². The minimum Gasteiger partial charge on any atom is -0.364 e. The Balaban J connectivity index is 2.55. The van der Waals surface area contributed by atoms with E-state index in [-0.39, 0.29) is 0 Å². The molecule has 1 rings (SSSR count). The Morgan fingerprint density at radius 2 is 2.31 bits per heavy atom. The van der Waals surface area contributed by atoms with E-state index in [1.165, 1.54) is 11.9 Å². The van der Waals surface area contributed by atoms with Gasteiger partial charge in [0, 0.05) is 18.9 Å². The Morgan fingerprint density at radius 3 is 2.77 bits per heavy atom. The molecule has 5 heteroatoms. The van der Waals surface area contributed by atoms with Gasteiger partial charge in [0.05, 0.1) is 6.54 Å². The van der Waals surface area contributed by atoms with Crippen molar-refractivity contribution in [2.24, 2.45) is 5.73 Å². The molecule has 1 aromatic heterocycles. The summed E-state index contributed by atoms with van der Waals surface area (Å²) in [5.41, 5.74) is 5.68. The minimum atomic E-state index is -0.936. The predicted molar refractivity (Wildman–Crippen MR) is 46.5 cm³/mol. The van der Waals surface area contributed by atoms with Crippen molar-refractivity contribution in [3.63, 3.8) is 0 Å². The molecule has 0 bridgehead atoms. The maximum absolute atomic E-state index is 11.0. The van der Waals surface area contributed by atoms with E-state index >= 15 is 0 Å². The van der Waals surface area contributed by atoms with Gasteiger partial charge in [0.1, 0.15) is 0 Å². The number of hydrogen-bond acceptors (Lipinski definition) is 2. The lowest BCUT2D eigenvalue weighted by Crippen LogP contribution is -2.37. The second-order valence-corrected chi connectivity index (χ2v) is 2.72. The molecule has 2 amide bonds. The van der Waals surface area contributed by atoms with Crippen molar-refractivity contribution < 1.29 is 9.59 Å². The number of hydrogen-bond donors (Lipinski definition) is 2. The first-order valence-electron chi connectivity index (χ1n) is 3.78. The number of likely N-dealkylation sites (N-methyl/N-ethyl adjacent to an activating group) is 1. The summed E-state index contributed by atoms with van der Waals surface area (Å²) in [7, 11) is 1.52. The van der Waals surface area contributed by atoms with Crippen LogP contribution >= 0.6 is 0 Å². The Labute approximate surface area is 75.5 Å². The maximum Gasteiger partial charge on any atom is 0.311 e. The minimum absolute atomic E-state index is 0.356. The highest BCUT2D eigenvalue weighted by atomic mass is 16.2. The highest BCUT2D eigenvalue weighted by Crippen LogP contribution is 1.99. The van der Waals surface area contributed by atoms with Gasteiger partial charge in [-0.15, -0.1) is 0 Å². The Kier molecular flexibility index (Phi) is 2.69. The van der Waals surface area contributed by atoms with E-state index in [2.05, 4.69) is 4.98 Å². The number of primary amides is 1. The van der Waals surface area contributed by atoms with Crippen LogP contribution < -0.4 is 5.73 Å². The smallest absolute Gasteiger partial charge is 0.311 e. The summed E-state index contributed by atoms with van der Waals surface area (Å²) >= 11 is 0. The molecule has 1 heterocycles. The van der Waals surface area contributed by atoms with Gasteiger partial charge < -0.3 is 15.6 Å². The van der Waals surface area contributed by atoms with E-state index < -0.39 is 11.8 Å². The van der Waals surface area contributed by atoms with Gasteiger partial charge in [0.25, 0.3) is 0 Å². The number of aromatic nitrogens is 1. The Morgan fingerprint density at radius 1 is 1.62 bits per heavy atom. The van der Waals surface area contributed by atoms with E-state index in [0.29, 0.717) is 6.54 Å². The third-order valence-corrected chi connectivity index (χ3v) is 1.63. The van der Waals surface area contributed by atoms with Gasteiger partial charge >= 0.3 is 11.8 Å². The zero-order chi connectivity index (χ0) is 9.84. The lowest BCUT2D eigenvalue weighted by Gasteiger charge is -2.13. The molecule has 1 aromatic rings. The van der Waals surface area contributed by atoms with Crippen molar-refractivity contribution in [3.8, 4) is 0 Å². The molecule has 0 atom stereocenters. The molecule has 0 fully saturated rings. The van der Waals surface area contributed by atoms with Gasteiger partial charge in [-0.1, -0.05) is 0 Å². The van der Waals surface area contributed by atoms with Crippen molar-refractivity contribution in [2.45, 2.75) is 6.54 Å². The first-order chi connectivity index (χ1) is 6.11. The highest BCUT2D eigenvalue weighted by Gasteiger charge is 2.14. The fraction of sp³-hybridized carbons (Fsp3) is 0.250. The lowest BCUT2D eigenvalue weighted by molar-refractivity contribution is -0.143. The summed E-state index contributed by atoms with van der Waals surface area (Å²) < 4.78 is 0. The van der Waals surface area contributed by atoms with Crippen molar-refractivity contribution >= 4 is 11.8 Å². The molecule has 0 saturated heterocycles. The van der Waals surface area contributed by atoms with E-state index in [4.69, 9.17) is 5.73 Å². The van der Waals surface area contributed by atoms with Crippen molar-refractivity contribution in [1.82, 2.24) is 9.88 Å².